The van der Waals surface area contributed by atoms with Crippen LogP contribution in [0.15, 0.2) is 182 Å². The zero-order valence-electron chi connectivity index (χ0n) is 52.4. The van der Waals surface area contributed by atoms with E-state index in [2.05, 4.69) is 182 Å². The standard InChI is InChI=1S/3C17H12.12C2H6.3CH4/c1-3-7-15-12(5-1)9-10-14-11-13-6-2-4-8-16(13)17(14)15;1-3-7-14-12(5-1)9-10-16-15-8-4-2-6-13(15)11-17(14)16;1-2-6-13-11-17-15(9-12(13)5-1)10-14-7-3-4-8-16(14)17;12*1-2;;;/h2*1-10H,11H2;1-9,11H,10H2;12*1-2H3;3*1H4. The van der Waals surface area contributed by atoms with Gasteiger partial charge in [-0.15, -0.1) is 0 Å². The summed E-state index contributed by atoms with van der Waals surface area (Å²) in [5.74, 6) is 0. The molecule has 0 N–H and O–H groups in total. The number of hydrogen-bond acceptors (Lipinski definition) is 0. The van der Waals surface area contributed by atoms with Gasteiger partial charge < -0.3 is 0 Å². The Balaban J connectivity index is -0.000000205. The zero-order valence-corrected chi connectivity index (χ0v) is 52.4. The average molecular weight is 1060 g/mol. The van der Waals surface area contributed by atoms with Gasteiger partial charge in [-0.05, 0) is 124 Å². The first-order valence-corrected chi connectivity index (χ1v) is 30.1. The van der Waals surface area contributed by atoms with Crippen LogP contribution in [0.5, 0.6) is 0 Å². The molecule has 9 aromatic rings. The van der Waals surface area contributed by atoms with E-state index in [1.54, 1.807) is 0 Å². The summed E-state index contributed by atoms with van der Waals surface area (Å²) >= 11 is 0. The molecule has 0 nitrogen and oxygen atoms in total. The van der Waals surface area contributed by atoms with Gasteiger partial charge in [-0.2, -0.15) is 0 Å². The van der Waals surface area contributed by atoms with Crippen LogP contribution in [0.3, 0.4) is 0 Å². The van der Waals surface area contributed by atoms with Gasteiger partial charge >= 0.3 is 0 Å². The summed E-state index contributed by atoms with van der Waals surface area (Å²) < 4.78 is 0. The van der Waals surface area contributed by atoms with Crippen LogP contribution in [0.4, 0.5) is 0 Å². The van der Waals surface area contributed by atoms with E-state index < -0.39 is 0 Å². The van der Waals surface area contributed by atoms with Crippen LogP contribution in [0.1, 0.15) is 222 Å². The van der Waals surface area contributed by atoms with Crippen LogP contribution >= 0.6 is 0 Å². The minimum Gasteiger partial charge on any atom is -0.0776 e. The van der Waals surface area contributed by atoms with Crippen molar-refractivity contribution < 1.29 is 0 Å². The van der Waals surface area contributed by atoms with Gasteiger partial charge in [0.1, 0.15) is 0 Å². The molecule has 0 saturated carbocycles. The second-order valence-electron chi connectivity index (χ2n) is 14.0. The Kier molecular flexibility index (Phi) is 56.2. The molecule has 0 spiro atoms. The lowest BCUT2D eigenvalue weighted by Crippen LogP contribution is -1.83. The van der Waals surface area contributed by atoms with Crippen LogP contribution < -0.4 is 0 Å². The Morgan fingerprint density at radius 1 is 0.205 bits per heavy atom. The van der Waals surface area contributed by atoms with Gasteiger partial charge in [0.2, 0.25) is 0 Å². The number of fused-ring (bicyclic) bond motifs is 14. The maximum absolute atomic E-state index is 2.34. The minimum absolute atomic E-state index is 0. The first-order chi connectivity index (χ1) is 37.3. The molecule has 432 valence electrons. The van der Waals surface area contributed by atoms with Crippen LogP contribution in [-0.4, -0.2) is 0 Å². The number of hydrogen-bond donors (Lipinski definition) is 0. The normalized spacial score (nSPS) is 9.08. The molecule has 0 unspecified atom stereocenters. The topological polar surface area (TPSA) is 0 Å². The maximum atomic E-state index is 2.34. The molecule has 0 saturated heterocycles. The van der Waals surface area contributed by atoms with Crippen molar-refractivity contribution in [3.05, 3.63) is 215 Å². The van der Waals surface area contributed by atoms with Crippen LogP contribution in [0.25, 0.3) is 65.7 Å². The summed E-state index contributed by atoms with van der Waals surface area (Å²) in [7, 11) is 0. The fourth-order valence-corrected chi connectivity index (χ4v) is 8.64. The van der Waals surface area contributed by atoms with Crippen molar-refractivity contribution in [2.45, 2.75) is 208 Å². The van der Waals surface area contributed by atoms with E-state index in [1.165, 1.54) is 99.1 Å². The highest BCUT2D eigenvalue weighted by molar-refractivity contribution is 6.01. The summed E-state index contributed by atoms with van der Waals surface area (Å²) in [6.45, 7) is 48.0. The van der Waals surface area contributed by atoms with E-state index in [4.69, 9.17) is 0 Å². The summed E-state index contributed by atoms with van der Waals surface area (Å²) in [5, 5.41) is 8.15. The van der Waals surface area contributed by atoms with Gasteiger partial charge in [0.05, 0.1) is 0 Å². The minimum atomic E-state index is 0. The highest BCUT2D eigenvalue weighted by atomic mass is 14.2. The Morgan fingerprint density at radius 2 is 0.526 bits per heavy atom. The van der Waals surface area contributed by atoms with Gasteiger partial charge in [0, 0.05) is 0 Å². The van der Waals surface area contributed by atoms with Gasteiger partial charge in [0.25, 0.3) is 0 Å². The Hall–Kier alpha value is -6.24. The molecule has 78 heavy (non-hydrogen) atoms. The predicted octanol–water partition coefficient (Wildman–Crippen LogP) is 27.5. The predicted molar refractivity (Wildman–Crippen MR) is 373 cm³/mol. The lowest BCUT2D eigenvalue weighted by Gasteiger charge is -2.06. The number of benzene rings is 9. The second kappa shape index (κ2) is 52.8. The monoisotopic (exact) mass is 1060 g/mol. The van der Waals surface area contributed by atoms with Crippen LogP contribution in [0.2, 0.25) is 0 Å². The molecule has 0 heteroatoms. The molecule has 3 aliphatic carbocycles. The molecular formula is C78H120. The Bertz CT molecular complexity index is 2760. The van der Waals surface area contributed by atoms with Gasteiger partial charge in [-0.1, -0.05) is 364 Å². The fourth-order valence-electron chi connectivity index (χ4n) is 8.64. The molecule has 0 aromatic heterocycles. The highest BCUT2D eigenvalue weighted by Gasteiger charge is 2.21. The van der Waals surface area contributed by atoms with Crippen molar-refractivity contribution in [2.24, 2.45) is 0 Å². The molecule has 12 rings (SSSR count). The molecule has 9 aromatic carbocycles. The molecule has 0 amide bonds. The summed E-state index contributed by atoms with van der Waals surface area (Å²) in [4.78, 5) is 0. The molecule has 0 aliphatic heterocycles. The third kappa shape index (κ3) is 22.2. The quantitative estimate of drug-likeness (QED) is 0.142. The zero-order chi connectivity index (χ0) is 57.7. The summed E-state index contributed by atoms with van der Waals surface area (Å²) in [6, 6.07) is 65.8. The van der Waals surface area contributed by atoms with E-state index in [1.807, 2.05) is 166 Å². The lowest BCUT2D eigenvalue weighted by atomic mass is 9.98. The first kappa shape index (κ1) is 83.1. The van der Waals surface area contributed by atoms with Crippen molar-refractivity contribution in [2.75, 3.05) is 0 Å². The van der Waals surface area contributed by atoms with E-state index in [-0.39, 0.29) is 22.3 Å². The van der Waals surface area contributed by atoms with Crippen molar-refractivity contribution in [3.8, 4) is 33.4 Å². The first-order valence-electron chi connectivity index (χ1n) is 30.1. The number of rotatable bonds is 0. The van der Waals surface area contributed by atoms with Crippen molar-refractivity contribution in [1.82, 2.24) is 0 Å². The molecular weight excluding hydrogens is 937 g/mol. The van der Waals surface area contributed by atoms with Crippen molar-refractivity contribution in [1.29, 1.82) is 0 Å². The maximum Gasteiger partial charge on any atom is -0.000729 e. The van der Waals surface area contributed by atoms with E-state index >= 15 is 0 Å². The molecule has 0 heterocycles. The van der Waals surface area contributed by atoms with E-state index in [9.17, 15) is 0 Å². The van der Waals surface area contributed by atoms with Gasteiger partial charge in [0.15, 0.2) is 0 Å². The lowest BCUT2D eigenvalue weighted by molar-refractivity contribution is 1.27. The van der Waals surface area contributed by atoms with Crippen LogP contribution in [-0.2, 0) is 19.3 Å². The largest absolute Gasteiger partial charge is 0.0776 e. The fraction of sp³-hybridized carbons (Fsp3) is 0.385. The summed E-state index contributed by atoms with van der Waals surface area (Å²) in [5.41, 5.74) is 17.3. The van der Waals surface area contributed by atoms with Crippen LogP contribution in [0, 0.1) is 0 Å². The Labute approximate surface area is 486 Å². The average Bonchev–Trinajstić information content (AvgIpc) is 4.24. The van der Waals surface area contributed by atoms with Crippen molar-refractivity contribution >= 4 is 32.3 Å². The van der Waals surface area contributed by atoms with Crippen molar-refractivity contribution in [3.63, 3.8) is 0 Å². The van der Waals surface area contributed by atoms with E-state index in [0.717, 1.165) is 19.3 Å². The third-order valence-corrected chi connectivity index (χ3v) is 11.1. The second-order valence-corrected chi connectivity index (χ2v) is 14.0. The third-order valence-electron chi connectivity index (χ3n) is 11.1. The van der Waals surface area contributed by atoms with Gasteiger partial charge in [-0.3, -0.25) is 0 Å². The Morgan fingerprint density at radius 3 is 1.01 bits per heavy atom. The smallest absolute Gasteiger partial charge is 0.000729 e. The molecule has 0 atom stereocenters. The highest BCUT2D eigenvalue weighted by Crippen LogP contribution is 2.42. The molecule has 3 aliphatic rings. The SMILES string of the molecule is C.C.C.CC.CC.CC.CC.CC.CC.CC.CC.CC.CC.CC.CC.c1ccc2c(c1)Cc1c-2ccc2ccccc12.c1ccc2c(c1)Cc1cc3ccccc3cc1-2.c1ccc2c(c1)Cc1ccc3ccccc3c1-2. The molecule has 0 fully saturated rings. The molecule has 0 radical (unpaired) electrons. The van der Waals surface area contributed by atoms with Gasteiger partial charge in [-0.25, -0.2) is 0 Å². The molecule has 0 bridgehead atoms. The summed E-state index contributed by atoms with van der Waals surface area (Å²) in [6.07, 6.45) is 3.24. The van der Waals surface area contributed by atoms with E-state index in [0.29, 0.717) is 0 Å².